The molecule has 4 rings (SSSR count). The lowest BCUT2D eigenvalue weighted by molar-refractivity contribution is 0.378. The van der Waals surface area contributed by atoms with E-state index >= 15 is 0 Å². The van der Waals surface area contributed by atoms with Crippen molar-refractivity contribution in [2.24, 2.45) is 0 Å². The number of nitrogens with one attached hydrogen (secondary N) is 1. The van der Waals surface area contributed by atoms with E-state index in [1.54, 1.807) is 4.72 Å². The Balaban J connectivity index is 2.11. The van der Waals surface area contributed by atoms with Gasteiger partial charge in [0.05, 0.1) is 31.1 Å². The summed E-state index contributed by atoms with van der Waals surface area (Å²) in [6.45, 7) is -12.3. The van der Waals surface area contributed by atoms with Gasteiger partial charge in [-0.3, -0.25) is 4.72 Å². The Bertz CT molecular complexity index is 2400. The molecule has 0 unspecified atom stereocenters. The van der Waals surface area contributed by atoms with Gasteiger partial charge in [-0.05, 0) is 41.2 Å². The van der Waals surface area contributed by atoms with Gasteiger partial charge in [-0.2, -0.15) is 0 Å². The highest BCUT2D eigenvalue weighted by Gasteiger charge is 2.24. The molecule has 4 aromatic rings. The van der Waals surface area contributed by atoms with E-state index in [0.29, 0.717) is 0 Å². The van der Waals surface area contributed by atoms with Crippen molar-refractivity contribution >= 4 is 27.4 Å². The van der Waals surface area contributed by atoms with E-state index in [4.69, 9.17) is 52.6 Å². The molecule has 2 heterocycles. The molecule has 0 saturated heterocycles. The fraction of sp³-hybridized carbons (Fsp3) is 0.200. The quantitative estimate of drug-likeness (QED) is 0.301. The lowest BCUT2D eigenvalue weighted by Crippen LogP contribution is -2.17. The monoisotopic (exact) mass is 548 g/mol. The van der Waals surface area contributed by atoms with Gasteiger partial charge >= 0.3 is 0 Å². The number of halogens is 1. The van der Waals surface area contributed by atoms with Gasteiger partial charge in [-0.25, -0.2) is 28.4 Å². The van der Waals surface area contributed by atoms with Crippen molar-refractivity contribution in [1.82, 2.24) is 19.9 Å². The van der Waals surface area contributed by atoms with Crippen molar-refractivity contribution in [3.05, 3.63) is 77.4 Å². The standard InChI is InChI=1S/C25H24ClN5O4S/c1-25(2,3)16-10-12-17(13-11-16)36(32,33)31-22-20(35-19-9-6-5-8-18(19)34-4)21(26)29-24(30-22)23-27-14-7-15-28-23/h5-15H,1-4H3,(H,29,30,31)/i1D3,2D3,3D3,4D3,5D,6D,7D,8D,9D,10D,11D,12D,13D,14D,15D. The van der Waals surface area contributed by atoms with Crippen LogP contribution in [0.25, 0.3) is 11.6 Å². The Labute approximate surface area is 246 Å². The second-order valence-electron chi connectivity index (χ2n) is 6.33. The zero-order valence-electron chi connectivity index (χ0n) is 40.2. The van der Waals surface area contributed by atoms with Crippen LogP contribution in [0.3, 0.4) is 0 Å². The summed E-state index contributed by atoms with van der Waals surface area (Å²) in [5.41, 5.74) is -5.85. The van der Waals surface area contributed by atoms with Crippen LogP contribution >= 0.6 is 11.6 Å². The number of rotatable bonds is 7. The van der Waals surface area contributed by atoms with Crippen LogP contribution in [-0.4, -0.2) is 35.4 Å². The summed E-state index contributed by atoms with van der Waals surface area (Å²) >= 11 is 6.35. The predicted octanol–water partition coefficient (Wildman–Crippen LogP) is 5.49. The molecule has 0 bridgehead atoms. The molecule has 11 heteroatoms. The number of anilines is 1. The van der Waals surface area contributed by atoms with Crippen LogP contribution in [0.4, 0.5) is 5.82 Å². The Hall–Kier alpha value is -3.76. The molecule has 0 saturated carbocycles. The molecule has 186 valence electrons. The average Bonchev–Trinajstić information content (AvgIpc) is 3.05. The highest BCUT2D eigenvalue weighted by Crippen LogP contribution is 2.39. The number of methoxy groups -OCH3 is 1. The fourth-order valence-electron chi connectivity index (χ4n) is 2.33. The molecule has 0 spiro atoms. The Kier molecular flexibility index (Phi) is 2.60. The van der Waals surface area contributed by atoms with Crippen molar-refractivity contribution in [2.75, 3.05) is 11.8 Å². The smallest absolute Gasteiger partial charge is 0.263 e. The lowest BCUT2D eigenvalue weighted by Gasteiger charge is -2.19. The predicted molar refractivity (Wildman–Crippen MR) is 137 cm³/mol. The molecule has 2 aromatic carbocycles. The number of para-hydroxylation sites is 2. The van der Waals surface area contributed by atoms with Gasteiger partial charge in [0.1, 0.15) is 0 Å². The summed E-state index contributed by atoms with van der Waals surface area (Å²) in [6, 6.07) is -12.0. The first-order valence-corrected chi connectivity index (χ1v) is 10.9. The third kappa shape index (κ3) is 5.55. The van der Waals surface area contributed by atoms with Crippen LogP contribution in [0.1, 0.15) is 57.6 Å². The first kappa shape index (κ1) is 9.28. The molecule has 36 heavy (non-hydrogen) atoms. The SMILES string of the molecule is [2H]c1nc(-c2nc(Cl)c(Oc3c([2H])c([2H])c([2H])c([2H])c3OC([2H])([2H])[2H])c(NS(=O)(=O)c3c([2H])c([2H])c(C(C([2H])([2H])[2H])(C([2H])([2H])[2H])C([2H])([2H])[2H])c([2H])c3[2H])n2)nc([2H])c1[2H]. The zero-order chi connectivity index (χ0) is 45.5. The van der Waals surface area contributed by atoms with Crippen LogP contribution in [0, 0.1) is 0 Å². The van der Waals surface area contributed by atoms with Crippen LogP contribution in [0.15, 0.2) is 71.6 Å². The van der Waals surface area contributed by atoms with Crippen molar-refractivity contribution in [3.63, 3.8) is 0 Å². The topological polar surface area (TPSA) is 116 Å². The summed E-state index contributed by atoms with van der Waals surface area (Å²) in [4.78, 5) is 13.2. The van der Waals surface area contributed by atoms with Crippen LogP contribution in [0.5, 0.6) is 17.2 Å². The number of aromatic nitrogens is 4. The van der Waals surface area contributed by atoms with Crippen molar-refractivity contribution in [2.45, 2.75) is 30.9 Å². The largest absolute Gasteiger partial charge is 0.493 e. The molecule has 1 N–H and O–H groups in total. The summed E-state index contributed by atoms with van der Waals surface area (Å²) in [5, 5.41) is -1.04. The van der Waals surface area contributed by atoms with E-state index in [1.165, 1.54) is 0 Å². The first-order valence-electron chi connectivity index (χ1n) is 20.5. The van der Waals surface area contributed by atoms with Crippen LogP contribution in [0.2, 0.25) is 5.15 Å². The number of hydrogen-bond acceptors (Lipinski definition) is 8. The second kappa shape index (κ2) is 10.1. The number of hydrogen-bond donors (Lipinski definition) is 1. The molecular formula is C25H24ClN5O4S. The first-order chi connectivity index (χ1) is 26.5. The normalized spacial score (nSPS) is 22.3. The maximum atomic E-state index is 14.1. The summed E-state index contributed by atoms with van der Waals surface area (Å²) in [6.07, 6.45) is -1.75. The van der Waals surface area contributed by atoms with Crippen molar-refractivity contribution in [1.29, 1.82) is 0 Å². The van der Waals surface area contributed by atoms with Gasteiger partial charge in [0.25, 0.3) is 10.0 Å². The Morgan fingerprint density at radius 2 is 1.64 bits per heavy atom. The molecule has 0 aliphatic heterocycles. The number of nitrogens with zero attached hydrogens (tertiary/aromatic N) is 4. The van der Waals surface area contributed by atoms with Gasteiger partial charge < -0.3 is 9.47 Å². The molecule has 0 fully saturated rings. The third-order valence-corrected chi connectivity index (χ3v) is 5.32. The number of ether oxygens (including phenoxy) is 2. The molecule has 2 aromatic heterocycles. The maximum Gasteiger partial charge on any atom is 0.263 e. The second-order valence-corrected chi connectivity index (χ2v) is 8.31. The van der Waals surface area contributed by atoms with Gasteiger partial charge in [-0.1, -0.05) is 56.3 Å². The molecule has 0 aliphatic rings. The summed E-state index contributed by atoms with van der Waals surface area (Å²) in [7, 11) is -9.16. The van der Waals surface area contributed by atoms with Gasteiger partial charge in [0.2, 0.25) is 11.6 Å². The van der Waals surface area contributed by atoms with E-state index in [-0.39, 0.29) is 0 Å². The fourth-order valence-corrected chi connectivity index (χ4v) is 3.40. The Morgan fingerprint density at radius 1 is 0.944 bits per heavy atom. The van der Waals surface area contributed by atoms with Gasteiger partial charge in [-0.15, -0.1) is 0 Å². The third-order valence-electron chi connectivity index (χ3n) is 3.86. The van der Waals surface area contributed by atoms with E-state index < -0.39 is 160 Å². The highest BCUT2D eigenvalue weighted by atomic mass is 35.5. The molecule has 0 amide bonds. The number of benzene rings is 2. The van der Waals surface area contributed by atoms with E-state index in [0.717, 1.165) is 0 Å². The minimum Gasteiger partial charge on any atom is -0.493 e. The minimum absolute atomic E-state index is 0.776. The lowest BCUT2D eigenvalue weighted by atomic mass is 9.87. The molecule has 0 atom stereocenters. The van der Waals surface area contributed by atoms with Crippen LogP contribution in [-0.2, 0) is 15.4 Å². The van der Waals surface area contributed by atoms with Crippen LogP contribution < -0.4 is 14.2 Å². The van der Waals surface area contributed by atoms with Gasteiger partial charge in [0, 0.05) is 24.7 Å². The molecule has 0 radical (unpaired) electrons. The Morgan fingerprint density at radius 3 is 2.31 bits per heavy atom. The van der Waals surface area contributed by atoms with Crippen molar-refractivity contribution < 1.29 is 49.4 Å². The maximum absolute atomic E-state index is 14.1. The summed E-state index contributed by atoms with van der Waals surface area (Å²) in [5.74, 6) is -6.45. The minimum atomic E-state index is -5.75. The molecule has 9 nitrogen and oxygen atoms in total. The molecule has 0 aliphatic carbocycles. The highest BCUT2D eigenvalue weighted by molar-refractivity contribution is 7.92. The van der Waals surface area contributed by atoms with Gasteiger partial charge in [0.15, 0.2) is 28.3 Å². The molecular weight excluding hydrogens is 502 g/mol. The summed E-state index contributed by atoms with van der Waals surface area (Å²) < 4.78 is 224. The zero-order valence-corrected chi connectivity index (χ0v) is 18.8. The van der Waals surface area contributed by atoms with E-state index in [9.17, 15) is 8.42 Å². The number of sulfonamides is 1. The average molecular weight is 549 g/mol. The van der Waals surface area contributed by atoms with E-state index in [1.807, 2.05) is 0 Å². The van der Waals surface area contributed by atoms with E-state index in [2.05, 4.69) is 19.9 Å². The van der Waals surface area contributed by atoms with Crippen molar-refractivity contribution in [3.8, 4) is 28.9 Å².